The number of ether oxygens (including phenoxy) is 1. The van der Waals surface area contributed by atoms with Crippen molar-refractivity contribution in [2.75, 3.05) is 18.0 Å². The Kier molecular flexibility index (Phi) is 3.07. The highest BCUT2D eigenvalue weighted by Gasteiger charge is 2.41. The summed E-state index contributed by atoms with van der Waals surface area (Å²) in [6.07, 6.45) is 5.51. The van der Waals surface area contributed by atoms with Crippen LogP contribution in [0.3, 0.4) is 0 Å². The molecule has 4 rings (SSSR count). The van der Waals surface area contributed by atoms with Crippen LogP contribution in [0, 0.1) is 12.8 Å². The van der Waals surface area contributed by atoms with Crippen LogP contribution in [0.15, 0.2) is 23.1 Å². The van der Waals surface area contributed by atoms with Crippen LogP contribution in [0.25, 0.3) is 0 Å². The first-order valence-corrected chi connectivity index (χ1v) is 7.26. The predicted molar refractivity (Wildman–Crippen MR) is 73.6 cm³/mol. The minimum Gasteiger partial charge on any atom is -0.365 e. The maximum atomic E-state index is 6.09. The minimum absolute atomic E-state index is 0.0634. The van der Waals surface area contributed by atoms with Crippen LogP contribution in [-0.2, 0) is 4.74 Å². The molecule has 7 nitrogen and oxygen atoms in total. The lowest BCUT2D eigenvalue weighted by molar-refractivity contribution is 0.0103. The quantitative estimate of drug-likeness (QED) is 0.828. The summed E-state index contributed by atoms with van der Waals surface area (Å²) in [6.45, 7) is 3.73. The largest absolute Gasteiger partial charge is 0.365 e. The zero-order chi connectivity index (χ0) is 14.2. The lowest BCUT2D eigenvalue weighted by Gasteiger charge is -2.34. The molecule has 110 valence electrons. The van der Waals surface area contributed by atoms with Crippen LogP contribution in [0.2, 0.25) is 0 Å². The first-order valence-electron chi connectivity index (χ1n) is 7.26. The highest BCUT2D eigenvalue weighted by Crippen LogP contribution is 2.40. The molecule has 0 aliphatic carbocycles. The number of hydrogen-bond acceptors (Lipinski definition) is 7. The van der Waals surface area contributed by atoms with E-state index in [0.29, 0.717) is 17.6 Å². The number of fused-ring (bicyclic) bond motifs is 1. The lowest BCUT2D eigenvalue weighted by Crippen LogP contribution is -2.41. The molecule has 3 atom stereocenters. The van der Waals surface area contributed by atoms with Crippen molar-refractivity contribution < 1.29 is 9.26 Å². The molecule has 2 saturated heterocycles. The first kappa shape index (κ1) is 12.7. The third-order valence-electron chi connectivity index (χ3n) is 4.23. The molecule has 0 aromatic carbocycles. The summed E-state index contributed by atoms with van der Waals surface area (Å²) >= 11 is 0. The maximum Gasteiger partial charge on any atom is 0.255 e. The molecule has 0 bridgehead atoms. The van der Waals surface area contributed by atoms with Gasteiger partial charge < -0.3 is 14.2 Å². The van der Waals surface area contributed by atoms with E-state index in [2.05, 4.69) is 25.0 Å². The maximum absolute atomic E-state index is 6.09. The van der Waals surface area contributed by atoms with Crippen LogP contribution in [-0.4, -0.2) is 39.3 Å². The van der Waals surface area contributed by atoms with Crippen molar-refractivity contribution >= 4 is 5.82 Å². The fourth-order valence-corrected chi connectivity index (χ4v) is 3.24. The molecule has 4 heterocycles. The zero-order valence-corrected chi connectivity index (χ0v) is 11.8. The third-order valence-corrected chi connectivity index (χ3v) is 4.23. The van der Waals surface area contributed by atoms with Gasteiger partial charge in [0, 0.05) is 25.2 Å². The van der Waals surface area contributed by atoms with Gasteiger partial charge in [-0.3, -0.25) is 0 Å². The summed E-state index contributed by atoms with van der Waals surface area (Å²) in [5.41, 5.74) is 0. The van der Waals surface area contributed by atoms with Crippen molar-refractivity contribution in [1.82, 2.24) is 20.1 Å². The molecule has 2 aliphatic rings. The Bertz CT molecular complexity index is 617. The molecule has 0 spiro atoms. The van der Waals surface area contributed by atoms with Crippen molar-refractivity contribution in [1.29, 1.82) is 0 Å². The van der Waals surface area contributed by atoms with Crippen molar-refractivity contribution in [2.45, 2.75) is 32.0 Å². The number of aromatic nitrogens is 4. The minimum atomic E-state index is -0.0634. The van der Waals surface area contributed by atoms with Crippen LogP contribution in [0.1, 0.15) is 30.7 Å². The van der Waals surface area contributed by atoms with E-state index in [4.69, 9.17) is 9.26 Å². The van der Waals surface area contributed by atoms with E-state index >= 15 is 0 Å². The standard InChI is InChI=1S/C14H17N5O2/c1-9-17-14(21-18-9)12-6-10-7-19(5-3-11(10)20-12)13-2-4-15-8-16-13/h2,4,8,10-12H,3,5-7H2,1H3/t10-,11-,12+/m1/s1. The van der Waals surface area contributed by atoms with Gasteiger partial charge in [0.2, 0.25) is 0 Å². The average Bonchev–Trinajstić information content (AvgIpc) is 3.13. The topological polar surface area (TPSA) is 77.2 Å². The number of piperidine rings is 1. The summed E-state index contributed by atoms with van der Waals surface area (Å²) in [5.74, 6) is 2.73. The van der Waals surface area contributed by atoms with Crippen molar-refractivity contribution in [3.05, 3.63) is 30.3 Å². The normalized spacial score (nSPS) is 28.6. The van der Waals surface area contributed by atoms with E-state index in [9.17, 15) is 0 Å². The second-order valence-electron chi connectivity index (χ2n) is 5.64. The van der Waals surface area contributed by atoms with Crippen molar-refractivity contribution in [3.63, 3.8) is 0 Å². The number of anilines is 1. The Morgan fingerprint density at radius 1 is 1.38 bits per heavy atom. The molecule has 0 unspecified atom stereocenters. The second-order valence-corrected chi connectivity index (χ2v) is 5.64. The molecule has 21 heavy (non-hydrogen) atoms. The van der Waals surface area contributed by atoms with Gasteiger partial charge in [-0.15, -0.1) is 0 Å². The number of hydrogen-bond donors (Lipinski definition) is 0. The van der Waals surface area contributed by atoms with Crippen LogP contribution in [0.4, 0.5) is 5.82 Å². The molecule has 2 fully saturated rings. The Labute approximate surface area is 122 Å². The summed E-state index contributed by atoms with van der Waals surface area (Å²) in [6, 6.07) is 1.95. The Hall–Kier alpha value is -2.02. The highest BCUT2D eigenvalue weighted by molar-refractivity contribution is 5.37. The van der Waals surface area contributed by atoms with Crippen molar-refractivity contribution in [3.8, 4) is 0 Å². The number of nitrogens with zero attached hydrogens (tertiary/aromatic N) is 5. The molecule has 0 saturated carbocycles. The molecule has 7 heteroatoms. The van der Waals surface area contributed by atoms with Gasteiger partial charge >= 0.3 is 0 Å². The summed E-state index contributed by atoms with van der Waals surface area (Å²) in [5, 5.41) is 3.85. The van der Waals surface area contributed by atoms with Gasteiger partial charge in [0.1, 0.15) is 18.2 Å². The molecular weight excluding hydrogens is 270 g/mol. The highest BCUT2D eigenvalue weighted by atomic mass is 16.5. The van der Waals surface area contributed by atoms with Gasteiger partial charge in [-0.05, 0) is 25.8 Å². The summed E-state index contributed by atoms with van der Waals surface area (Å²) in [7, 11) is 0. The van der Waals surface area contributed by atoms with E-state index in [1.807, 2.05) is 13.0 Å². The summed E-state index contributed by atoms with van der Waals surface area (Å²) < 4.78 is 11.3. The van der Waals surface area contributed by atoms with Crippen LogP contribution >= 0.6 is 0 Å². The van der Waals surface area contributed by atoms with Crippen LogP contribution in [0.5, 0.6) is 0 Å². The third kappa shape index (κ3) is 2.37. The molecule has 0 amide bonds. The number of rotatable bonds is 2. The van der Waals surface area contributed by atoms with E-state index in [1.165, 1.54) is 0 Å². The molecular formula is C14H17N5O2. The smallest absolute Gasteiger partial charge is 0.255 e. The van der Waals surface area contributed by atoms with Gasteiger partial charge in [0.05, 0.1) is 6.10 Å². The molecule has 0 radical (unpaired) electrons. The van der Waals surface area contributed by atoms with E-state index in [-0.39, 0.29) is 12.2 Å². The Morgan fingerprint density at radius 2 is 2.33 bits per heavy atom. The Morgan fingerprint density at radius 3 is 3.10 bits per heavy atom. The van der Waals surface area contributed by atoms with Gasteiger partial charge in [0.15, 0.2) is 5.82 Å². The zero-order valence-electron chi connectivity index (χ0n) is 11.8. The fourth-order valence-electron chi connectivity index (χ4n) is 3.24. The molecule has 2 aliphatic heterocycles. The average molecular weight is 287 g/mol. The second kappa shape index (κ2) is 5.07. The Balaban J connectivity index is 1.47. The molecule has 2 aromatic rings. The summed E-state index contributed by atoms with van der Waals surface area (Å²) in [4.78, 5) is 14.9. The van der Waals surface area contributed by atoms with Crippen LogP contribution < -0.4 is 4.90 Å². The first-order chi connectivity index (χ1) is 10.3. The van der Waals surface area contributed by atoms with Gasteiger partial charge in [0.25, 0.3) is 5.89 Å². The molecule has 2 aromatic heterocycles. The van der Waals surface area contributed by atoms with E-state index in [0.717, 1.165) is 31.7 Å². The van der Waals surface area contributed by atoms with Gasteiger partial charge in [-0.25, -0.2) is 9.97 Å². The number of aryl methyl sites for hydroxylation is 1. The van der Waals surface area contributed by atoms with Crippen molar-refractivity contribution in [2.24, 2.45) is 5.92 Å². The molecule has 0 N–H and O–H groups in total. The van der Waals surface area contributed by atoms with E-state index < -0.39 is 0 Å². The fraction of sp³-hybridized carbons (Fsp3) is 0.571. The van der Waals surface area contributed by atoms with Gasteiger partial charge in [-0.1, -0.05) is 5.16 Å². The predicted octanol–water partition coefficient (Wildman–Crippen LogP) is 1.52. The van der Waals surface area contributed by atoms with E-state index in [1.54, 1.807) is 12.5 Å². The monoisotopic (exact) mass is 287 g/mol. The lowest BCUT2D eigenvalue weighted by atomic mass is 9.93. The van der Waals surface area contributed by atoms with Gasteiger partial charge in [-0.2, -0.15) is 4.98 Å². The SMILES string of the molecule is Cc1noc([C@@H]2C[C@@H]3CN(c4ccncn4)CC[C@H]3O2)n1.